The van der Waals surface area contributed by atoms with E-state index in [4.69, 9.17) is 10.5 Å². The lowest BCUT2D eigenvalue weighted by atomic mass is 10.0. The number of carbonyl (C=O) groups is 2. The molecule has 0 saturated carbocycles. The Bertz CT molecular complexity index is 460. The summed E-state index contributed by atoms with van der Waals surface area (Å²) in [5.41, 5.74) is 4.77. The van der Waals surface area contributed by atoms with E-state index in [-0.39, 0.29) is 29.6 Å². The number of halogens is 1. The van der Waals surface area contributed by atoms with Crippen molar-refractivity contribution in [2.45, 2.75) is 20.3 Å². The van der Waals surface area contributed by atoms with E-state index in [0.717, 1.165) is 12.5 Å². The van der Waals surface area contributed by atoms with Gasteiger partial charge in [-0.15, -0.1) is 0 Å². The van der Waals surface area contributed by atoms with Gasteiger partial charge in [-0.1, -0.05) is 13.8 Å². The Kier molecular flexibility index (Phi) is 4.83. The van der Waals surface area contributed by atoms with Crippen LogP contribution >= 0.6 is 0 Å². The Morgan fingerprint density at radius 2 is 2.11 bits per heavy atom. The lowest BCUT2D eigenvalue weighted by molar-refractivity contribution is -0.124. The summed E-state index contributed by atoms with van der Waals surface area (Å²) in [7, 11) is 0. The Morgan fingerprint density at radius 1 is 1.44 bits per heavy atom. The van der Waals surface area contributed by atoms with E-state index in [0.29, 0.717) is 0 Å². The van der Waals surface area contributed by atoms with Crippen LogP contribution in [0.3, 0.4) is 0 Å². The van der Waals surface area contributed by atoms with Gasteiger partial charge < -0.3 is 10.5 Å². The van der Waals surface area contributed by atoms with Gasteiger partial charge in [0.1, 0.15) is 18.2 Å². The number of hydrogen-bond acceptors (Lipinski definition) is 3. The second-order valence-corrected chi connectivity index (χ2v) is 4.07. The van der Waals surface area contributed by atoms with Crippen molar-refractivity contribution in [3.8, 4) is 5.75 Å². The molecule has 1 aromatic carbocycles. The minimum atomic E-state index is -0.838. The van der Waals surface area contributed by atoms with Gasteiger partial charge in [0.25, 0.3) is 5.91 Å². The molecule has 0 bridgehead atoms. The molecule has 4 nitrogen and oxygen atoms in total. The highest BCUT2D eigenvalue weighted by atomic mass is 19.1. The molecule has 98 valence electrons. The normalized spacial score (nSPS) is 11.9. The standard InChI is InChI=1S/C13H16FNO3/c1-3-8(2)12(16)7-18-9-4-5-10(13(15)17)11(14)6-9/h4-6,8H,3,7H2,1-2H3,(H2,15,17). The lowest BCUT2D eigenvalue weighted by Crippen LogP contribution is -2.19. The predicted octanol–water partition coefficient (Wildman–Crippen LogP) is 1.92. The Balaban J connectivity index is 2.67. The van der Waals surface area contributed by atoms with Gasteiger partial charge in [0.05, 0.1) is 5.56 Å². The summed E-state index contributed by atoms with van der Waals surface area (Å²) in [4.78, 5) is 22.3. The van der Waals surface area contributed by atoms with E-state index in [1.54, 1.807) is 0 Å². The molecule has 0 aliphatic heterocycles. The van der Waals surface area contributed by atoms with E-state index in [9.17, 15) is 14.0 Å². The quantitative estimate of drug-likeness (QED) is 0.842. The molecule has 1 unspecified atom stereocenters. The number of ether oxygens (including phenoxy) is 1. The van der Waals surface area contributed by atoms with Crippen LogP contribution in [0.1, 0.15) is 30.6 Å². The van der Waals surface area contributed by atoms with Crippen molar-refractivity contribution in [2.24, 2.45) is 11.7 Å². The predicted molar refractivity (Wildman–Crippen MR) is 64.9 cm³/mol. The first-order valence-electron chi connectivity index (χ1n) is 5.70. The fourth-order valence-electron chi connectivity index (χ4n) is 1.31. The molecule has 0 aliphatic carbocycles. The Morgan fingerprint density at radius 3 is 2.61 bits per heavy atom. The molecule has 0 radical (unpaired) electrons. The summed E-state index contributed by atoms with van der Waals surface area (Å²) in [5, 5.41) is 0. The molecule has 0 saturated heterocycles. The largest absolute Gasteiger partial charge is 0.486 e. The third-order valence-electron chi connectivity index (χ3n) is 2.75. The van der Waals surface area contributed by atoms with Gasteiger partial charge in [-0.25, -0.2) is 4.39 Å². The van der Waals surface area contributed by atoms with E-state index in [1.807, 2.05) is 13.8 Å². The number of hydrogen-bond donors (Lipinski definition) is 1. The number of Topliss-reactive ketones (excluding diaryl/α,β-unsaturated/α-hetero) is 1. The molecular formula is C13H16FNO3. The van der Waals surface area contributed by atoms with Gasteiger partial charge in [0.2, 0.25) is 0 Å². The molecule has 1 atom stereocenters. The second-order valence-electron chi connectivity index (χ2n) is 4.07. The number of primary amides is 1. The zero-order chi connectivity index (χ0) is 13.7. The second kappa shape index (κ2) is 6.14. The van der Waals surface area contributed by atoms with Crippen molar-refractivity contribution in [1.82, 2.24) is 0 Å². The molecule has 0 aromatic heterocycles. The van der Waals surface area contributed by atoms with Gasteiger partial charge in [-0.2, -0.15) is 0 Å². The fourth-order valence-corrected chi connectivity index (χ4v) is 1.31. The first kappa shape index (κ1) is 14.2. The summed E-state index contributed by atoms with van der Waals surface area (Å²) in [6.07, 6.45) is 0.733. The summed E-state index contributed by atoms with van der Waals surface area (Å²) >= 11 is 0. The highest BCUT2D eigenvalue weighted by Gasteiger charge is 2.13. The van der Waals surface area contributed by atoms with Crippen molar-refractivity contribution < 1.29 is 18.7 Å². The minimum absolute atomic E-state index is 0.0446. The van der Waals surface area contributed by atoms with Crippen LogP contribution in [-0.4, -0.2) is 18.3 Å². The van der Waals surface area contributed by atoms with E-state index in [1.165, 1.54) is 12.1 Å². The number of amides is 1. The molecular weight excluding hydrogens is 237 g/mol. The summed E-state index contributed by atoms with van der Waals surface area (Å²) in [6, 6.07) is 3.69. The van der Waals surface area contributed by atoms with Crippen molar-refractivity contribution in [2.75, 3.05) is 6.61 Å². The average molecular weight is 253 g/mol. The highest BCUT2D eigenvalue weighted by Crippen LogP contribution is 2.16. The van der Waals surface area contributed by atoms with Gasteiger partial charge in [0.15, 0.2) is 5.78 Å². The molecule has 5 heteroatoms. The van der Waals surface area contributed by atoms with Crippen molar-refractivity contribution in [1.29, 1.82) is 0 Å². The first-order chi connectivity index (χ1) is 8.45. The maximum Gasteiger partial charge on any atom is 0.251 e. The van der Waals surface area contributed by atoms with E-state index < -0.39 is 11.7 Å². The van der Waals surface area contributed by atoms with Crippen molar-refractivity contribution >= 4 is 11.7 Å². The molecule has 0 spiro atoms. The lowest BCUT2D eigenvalue weighted by Gasteiger charge is -2.09. The summed E-state index contributed by atoms with van der Waals surface area (Å²) in [6.45, 7) is 3.61. The maximum atomic E-state index is 13.4. The minimum Gasteiger partial charge on any atom is -0.486 e. The smallest absolute Gasteiger partial charge is 0.251 e. The van der Waals surface area contributed by atoms with Crippen LogP contribution in [-0.2, 0) is 4.79 Å². The molecule has 0 aliphatic rings. The van der Waals surface area contributed by atoms with Gasteiger partial charge >= 0.3 is 0 Å². The van der Waals surface area contributed by atoms with Gasteiger partial charge in [0, 0.05) is 12.0 Å². The summed E-state index contributed by atoms with van der Waals surface area (Å²) in [5.74, 6) is -1.52. The van der Waals surface area contributed by atoms with Crippen LogP contribution in [0.15, 0.2) is 18.2 Å². The average Bonchev–Trinajstić information content (AvgIpc) is 2.34. The third-order valence-corrected chi connectivity index (χ3v) is 2.75. The monoisotopic (exact) mass is 253 g/mol. The number of nitrogens with two attached hydrogens (primary N) is 1. The van der Waals surface area contributed by atoms with Crippen molar-refractivity contribution in [3.05, 3.63) is 29.6 Å². The Labute approximate surface area is 105 Å². The van der Waals surface area contributed by atoms with Crippen LogP contribution in [0.25, 0.3) is 0 Å². The highest BCUT2D eigenvalue weighted by molar-refractivity contribution is 5.93. The van der Waals surface area contributed by atoms with Crippen LogP contribution in [0.5, 0.6) is 5.75 Å². The van der Waals surface area contributed by atoms with Crippen LogP contribution < -0.4 is 10.5 Å². The number of ketones is 1. The van der Waals surface area contributed by atoms with E-state index >= 15 is 0 Å². The molecule has 18 heavy (non-hydrogen) atoms. The molecule has 1 aromatic rings. The van der Waals surface area contributed by atoms with Gasteiger partial charge in [-0.05, 0) is 18.6 Å². The molecule has 0 heterocycles. The van der Waals surface area contributed by atoms with Gasteiger partial charge in [-0.3, -0.25) is 9.59 Å². The molecule has 1 rings (SSSR count). The van der Waals surface area contributed by atoms with Crippen LogP contribution in [0.4, 0.5) is 4.39 Å². The van der Waals surface area contributed by atoms with Crippen LogP contribution in [0, 0.1) is 11.7 Å². The molecule has 2 N–H and O–H groups in total. The van der Waals surface area contributed by atoms with Crippen molar-refractivity contribution in [3.63, 3.8) is 0 Å². The topological polar surface area (TPSA) is 69.4 Å². The zero-order valence-electron chi connectivity index (χ0n) is 10.4. The zero-order valence-corrected chi connectivity index (χ0v) is 10.4. The maximum absolute atomic E-state index is 13.4. The Hall–Kier alpha value is -1.91. The summed E-state index contributed by atoms with van der Waals surface area (Å²) < 4.78 is 18.5. The number of carbonyl (C=O) groups excluding carboxylic acids is 2. The SMILES string of the molecule is CCC(C)C(=O)COc1ccc(C(N)=O)c(F)c1. The number of benzene rings is 1. The molecule has 0 fully saturated rings. The van der Waals surface area contributed by atoms with E-state index in [2.05, 4.69) is 0 Å². The first-order valence-corrected chi connectivity index (χ1v) is 5.70. The molecule has 1 amide bonds. The fraction of sp³-hybridized carbons (Fsp3) is 0.385. The third kappa shape index (κ3) is 3.55. The number of rotatable bonds is 6. The van der Waals surface area contributed by atoms with Crippen LogP contribution in [0.2, 0.25) is 0 Å².